The van der Waals surface area contributed by atoms with Gasteiger partial charge < -0.3 is 16.5 Å². The zero-order chi connectivity index (χ0) is 14.7. The van der Waals surface area contributed by atoms with Crippen molar-refractivity contribution in [1.29, 1.82) is 0 Å². The van der Waals surface area contributed by atoms with Crippen molar-refractivity contribution in [2.45, 2.75) is 6.92 Å². The molecule has 0 bridgehead atoms. The van der Waals surface area contributed by atoms with Crippen LogP contribution in [0.3, 0.4) is 0 Å². The minimum Gasteiger partial charge on any atom is -0.383 e. The van der Waals surface area contributed by atoms with Crippen LogP contribution in [0.15, 0.2) is 34.5 Å². The molecule has 8 heteroatoms. The van der Waals surface area contributed by atoms with E-state index in [9.17, 15) is 4.79 Å². The van der Waals surface area contributed by atoms with E-state index in [1.165, 1.54) is 6.92 Å². The van der Waals surface area contributed by atoms with Crippen molar-refractivity contribution < 1.29 is 4.79 Å². The Morgan fingerprint density at radius 3 is 2.45 bits per heavy atom. The van der Waals surface area contributed by atoms with Gasteiger partial charge in [-0.25, -0.2) is 4.98 Å². The maximum atomic E-state index is 11.1. The van der Waals surface area contributed by atoms with Gasteiger partial charge in [0.05, 0.1) is 5.69 Å². The van der Waals surface area contributed by atoms with Crippen LogP contribution in [0.5, 0.6) is 0 Å². The lowest BCUT2D eigenvalue weighted by molar-refractivity contribution is 0.101. The summed E-state index contributed by atoms with van der Waals surface area (Å²) in [6, 6.07) is 6.68. The molecular weight excluding hydrogens is 276 g/mol. The van der Waals surface area contributed by atoms with E-state index in [1.807, 2.05) is 0 Å². The number of benzene rings is 1. The van der Waals surface area contributed by atoms with Crippen LogP contribution < -0.4 is 11.5 Å². The summed E-state index contributed by atoms with van der Waals surface area (Å²) in [5.74, 6) is 0.295. The summed E-state index contributed by atoms with van der Waals surface area (Å²) in [6.07, 6.45) is 0. The third-order valence-electron chi connectivity index (χ3n) is 2.50. The van der Waals surface area contributed by atoms with Crippen LogP contribution in [-0.4, -0.2) is 15.8 Å². The van der Waals surface area contributed by atoms with E-state index in [2.05, 4.69) is 20.2 Å². The predicted octanol–water partition coefficient (Wildman–Crippen LogP) is 2.92. The molecule has 0 saturated carbocycles. The second kappa shape index (κ2) is 5.57. The van der Waals surface area contributed by atoms with Crippen molar-refractivity contribution >= 4 is 41.0 Å². The fourth-order valence-electron chi connectivity index (χ4n) is 1.48. The zero-order valence-electron chi connectivity index (χ0n) is 10.6. The molecule has 5 N–H and O–H groups in total. The quantitative estimate of drug-likeness (QED) is 0.455. The van der Waals surface area contributed by atoms with Gasteiger partial charge in [0.25, 0.3) is 0 Å². The van der Waals surface area contributed by atoms with E-state index >= 15 is 0 Å². The van der Waals surface area contributed by atoms with Gasteiger partial charge in [-0.15, -0.1) is 5.11 Å². The number of nitrogens with zero attached hydrogens (tertiary/aromatic N) is 3. The standard InChI is InChI=1S/C12H12N6OS/c1-6(19)7-2-4-8(5-3-7)17-18-9-10(13)15-12(20)16-11(9)14/h2-5H,1H3,(H5,13,14,15,16,20). The third-order valence-corrected chi connectivity index (χ3v) is 2.69. The Balaban J connectivity index is 2.30. The molecule has 0 amide bonds. The molecule has 0 aliphatic heterocycles. The van der Waals surface area contributed by atoms with Crippen LogP contribution in [0.25, 0.3) is 0 Å². The number of carbonyl (C=O) groups is 1. The number of Topliss-reactive ketones (excluding diaryl/α,β-unsaturated/α-hetero) is 1. The summed E-state index contributed by atoms with van der Waals surface area (Å²) in [5, 5.41) is 7.93. The predicted molar refractivity (Wildman–Crippen MR) is 78.9 cm³/mol. The average molecular weight is 288 g/mol. The van der Waals surface area contributed by atoms with E-state index in [4.69, 9.17) is 23.7 Å². The maximum absolute atomic E-state index is 11.1. The van der Waals surface area contributed by atoms with Gasteiger partial charge in [0, 0.05) is 5.56 Å². The smallest absolute Gasteiger partial charge is 0.200 e. The molecule has 1 heterocycles. The van der Waals surface area contributed by atoms with Gasteiger partial charge in [-0.1, -0.05) is 0 Å². The third kappa shape index (κ3) is 3.04. The van der Waals surface area contributed by atoms with Crippen LogP contribution >= 0.6 is 12.2 Å². The minimum atomic E-state index is -0.0122. The second-order valence-electron chi connectivity index (χ2n) is 3.99. The maximum Gasteiger partial charge on any atom is 0.200 e. The number of azo groups is 1. The minimum absolute atomic E-state index is 0.0122. The summed E-state index contributed by atoms with van der Waals surface area (Å²) in [7, 11) is 0. The first kappa shape index (κ1) is 13.8. The molecule has 0 fully saturated rings. The first-order valence-electron chi connectivity index (χ1n) is 5.65. The Morgan fingerprint density at radius 2 is 1.90 bits per heavy atom. The van der Waals surface area contributed by atoms with Crippen molar-refractivity contribution in [2.24, 2.45) is 10.2 Å². The number of nitrogen functional groups attached to an aromatic ring is 2. The van der Waals surface area contributed by atoms with Crippen LogP contribution in [0, 0.1) is 4.77 Å². The number of ketones is 1. The first-order chi connectivity index (χ1) is 9.47. The summed E-state index contributed by atoms with van der Waals surface area (Å²) in [6.45, 7) is 1.50. The molecule has 0 aliphatic carbocycles. The number of nitrogens with two attached hydrogens (primary N) is 2. The first-order valence-corrected chi connectivity index (χ1v) is 6.06. The topological polar surface area (TPSA) is 123 Å². The Bertz CT molecular complexity index is 708. The van der Waals surface area contributed by atoms with Crippen molar-refractivity contribution in [3.05, 3.63) is 34.6 Å². The van der Waals surface area contributed by atoms with E-state index in [1.54, 1.807) is 24.3 Å². The number of anilines is 2. The number of aromatic nitrogens is 2. The van der Waals surface area contributed by atoms with Crippen molar-refractivity contribution in [2.75, 3.05) is 11.5 Å². The number of carbonyl (C=O) groups excluding carboxylic acids is 1. The highest BCUT2D eigenvalue weighted by molar-refractivity contribution is 7.71. The molecule has 2 aromatic rings. The second-order valence-corrected chi connectivity index (χ2v) is 4.38. The SMILES string of the molecule is CC(=O)c1ccc(N=Nc2c(N)nc(=S)[nH]c2N)cc1. The molecule has 0 aliphatic rings. The van der Waals surface area contributed by atoms with E-state index in [0.29, 0.717) is 11.3 Å². The molecule has 0 saturated heterocycles. The largest absolute Gasteiger partial charge is 0.383 e. The normalized spacial score (nSPS) is 10.8. The van der Waals surface area contributed by atoms with Gasteiger partial charge in [0.2, 0.25) is 0 Å². The molecule has 102 valence electrons. The van der Waals surface area contributed by atoms with Gasteiger partial charge in [-0.2, -0.15) is 5.11 Å². The molecule has 1 aromatic carbocycles. The lowest BCUT2D eigenvalue weighted by Gasteiger charge is -2.01. The summed E-state index contributed by atoms with van der Waals surface area (Å²) < 4.78 is 0.185. The number of hydrogen-bond donors (Lipinski definition) is 3. The number of H-pyrrole nitrogens is 1. The van der Waals surface area contributed by atoms with Gasteiger partial charge in [-0.3, -0.25) is 4.79 Å². The molecule has 2 rings (SSSR count). The summed E-state index contributed by atoms with van der Waals surface area (Å²) >= 11 is 4.83. The Hall–Kier alpha value is -2.61. The Kier molecular flexibility index (Phi) is 3.85. The Labute approximate surface area is 119 Å². The fourth-order valence-corrected chi connectivity index (χ4v) is 1.69. The van der Waals surface area contributed by atoms with E-state index < -0.39 is 0 Å². The summed E-state index contributed by atoms with van der Waals surface area (Å²) in [5.41, 5.74) is 12.8. The van der Waals surface area contributed by atoms with Crippen LogP contribution in [0.2, 0.25) is 0 Å². The highest BCUT2D eigenvalue weighted by Crippen LogP contribution is 2.27. The molecule has 7 nitrogen and oxygen atoms in total. The number of hydrogen-bond acceptors (Lipinski definition) is 7. The van der Waals surface area contributed by atoms with Gasteiger partial charge >= 0.3 is 0 Å². The monoisotopic (exact) mass is 288 g/mol. The van der Waals surface area contributed by atoms with Crippen LogP contribution in [0.4, 0.5) is 23.0 Å². The zero-order valence-corrected chi connectivity index (χ0v) is 11.4. The molecule has 0 unspecified atom stereocenters. The van der Waals surface area contributed by atoms with Gasteiger partial charge in [0.15, 0.2) is 22.1 Å². The Morgan fingerprint density at radius 1 is 1.25 bits per heavy atom. The van der Waals surface area contributed by atoms with Crippen molar-refractivity contribution in [1.82, 2.24) is 9.97 Å². The number of rotatable bonds is 3. The number of nitrogens with one attached hydrogen (secondary N) is 1. The molecule has 0 spiro atoms. The molecule has 1 aromatic heterocycles. The van der Waals surface area contributed by atoms with Gasteiger partial charge in [0.1, 0.15) is 5.82 Å². The van der Waals surface area contributed by atoms with Crippen molar-refractivity contribution in [3.63, 3.8) is 0 Å². The van der Waals surface area contributed by atoms with Crippen LogP contribution in [0.1, 0.15) is 17.3 Å². The molecule has 0 radical (unpaired) electrons. The lowest BCUT2D eigenvalue weighted by atomic mass is 10.1. The highest BCUT2D eigenvalue weighted by atomic mass is 32.1. The lowest BCUT2D eigenvalue weighted by Crippen LogP contribution is -1.98. The van der Waals surface area contributed by atoms with Crippen molar-refractivity contribution in [3.8, 4) is 0 Å². The molecule has 0 atom stereocenters. The molecule has 20 heavy (non-hydrogen) atoms. The van der Waals surface area contributed by atoms with E-state index in [0.717, 1.165) is 0 Å². The average Bonchev–Trinajstić information content (AvgIpc) is 2.38. The van der Waals surface area contributed by atoms with Gasteiger partial charge in [-0.05, 0) is 43.4 Å². The fraction of sp³-hybridized carbons (Fsp3) is 0.0833. The highest BCUT2D eigenvalue weighted by Gasteiger charge is 2.05. The number of aromatic amines is 1. The van der Waals surface area contributed by atoms with Crippen LogP contribution in [-0.2, 0) is 0 Å². The summed E-state index contributed by atoms with van der Waals surface area (Å²) in [4.78, 5) is 17.6. The van der Waals surface area contributed by atoms with E-state index in [-0.39, 0.29) is 27.9 Å². The molecular formula is C12H12N6OS.